The van der Waals surface area contributed by atoms with E-state index in [1.807, 2.05) is 12.1 Å². The number of para-hydroxylation sites is 1. The monoisotopic (exact) mass is 450 g/mol. The molecule has 1 amide bonds. The van der Waals surface area contributed by atoms with E-state index >= 15 is 0 Å². The number of fused-ring (bicyclic) bond motifs is 2. The number of benzene rings is 2. The number of nitrogens with zero attached hydrogens (tertiary/aromatic N) is 2. The summed E-state index contributed by atoms with van der Waals surface area (Å²) in [4.78, 5) is 31.1. The zero-order chi connectivity index (χ0) is 23.5. The minimum absolute atomic E-state index is 0.126. The highest BCUT2D eigenvalue weighted by atomic mass is 16.5. The summed E-state index contributed by atoms with van der Waals surface area (Å²) in [6.45, 7) is 7.54. The van der Waals surface area contributed by atoms with Crippen LogP contribution in [0.4, 0.5) is 0 Å². The summed E-state index contributed by atoms with van der Waals surface area (Å²) in [6.07, 6.45) is 0.791. The first-order valence-electron chi connectivity index (χ1n) is 11.3. The molecule has 33 heavy (non-hydrogen) atoms. The Hall–Kier alpha value is -3.32. The normalized spacial score (nSPS) is 15.4. The van der Waals surface area contributed by atoms with Crippen molar-refractivity contribution < 1.29 is 18.7 Å². The number of amides is 1. The molecule has 4 rings (SSSR count). The second-order valence-corrected chi connectivity index (χ2v) is 8.07. The lowest BCUT2D eigenvalue weighted by Crippen LogP contribution is -2.33. The molecule has 174 valence electrons. The Morgan fingerprint density at radius 1 is 1.00 bits per heavy atom. The highest BCUT2D eigenvalue weighted by Crippen LogP contribution is 2.40. The summed E-state index contributed by atoms with van der Waals surface area (Å²) < 4.78 is 16.9. The smallest absolute Gasteiger partial charge is 0.290 e. The molecule has 0 N–H and O–H groups in total. The Balaban J connectivity index is 1.82. The molecule has 2 aromatic carbocycles. The van der Waals surface area contributed by atoms with Gasteiger partial charge in [-0.25, -0.2) is 0 Å². The third kappa shape index (κ3) is 4.09. The van der Waals surface area contributed by atoms with Gasteiger partial charge in [-0.15, -0.1) is 0 Å². The second kappa shape index (κ2) is 9.67. The molecule has 7 heteroatoms. The van der Waals surface area contributed by atoms with Crippen molar-refractivity contribution in [3.8, 4) is 11.5 Å². The average molecular weight is 451 g/mol. The Kier molecular flexibility index (Phi) is 6.70. The molecule has 7 nitrogen and oxygen atoms in total. The Labute approximate surface area is 193 Å². The fourth-order valence-electron chi connectivity index (χ4n) is 4.57. The van der Waals surface area contributed by atoms with Crippen LogP contribution in [0.1, 0.15) is 48.0 Å². The fraction of sp³-hybridized carbons (Fsp3) is 0.385. The van der Waals surface area contributed by atoms with Crippen LogP contribution in [-0.2, 0) is 0 Å². The number of ether oxygens (including phenoxy) is 2. The maximum absolute atomic E-state index is 13.5. The van der Waals surface area contributed by atoms with Gasteiger partial charge in [0.05, 0.1) is 31.2 Å². The molecule has 1 aliphatic rings. The van der Waals surface area contributed by atoms with Crippen LogP contribution in [0.3, 0.4) is 0 Å². The van der Waals surface area contributed by atoms with Gasteiger partial charge >= 0.3 is 0 Å². The summed E-state index contributed by atoms with van der Waals surface area (Å²) >= 11 is 0. The SMILES string of the molecule is CCN(CC)CCCN1C(=O)c2oc3ccccc3c(=O)c2[C@H]1c1ccc(OC)c(OC)c1. The molecule has 0 saturated carbocycles. The highest BCUT2D eigenvalue weighted by molar-refractivity contribution is 5.99. The van der Waals surface area contributed by atoms with Crippen LogP contribution in [0.5, 0.6) is 11.5 Å². The first-order valence-corrected chi connectivity index (χ1v) is 11.3. The summed E-state index contributed by atoms with van der Waals surface area (Å²) in [7, 11) is 3.14. The van der Waals surface area contributed by atoms with E-state index < -0.39 is 6.04 Å². The van der Waals surface area contributed by atoms with Gasteiger partial charge < -0.3 is 23.7 Å². The van der Waals surface area contributed by atoms with Gasteiger partial charge in [-0.05, 0) is 55.9 Å². The molecule has 1 aliphatic heterocycles. The highest BCUT2D eigenvalue weighted by Gasteiger charge is 2.42. The first kappa shape index (κ1) is 22.9. The van der Waals surface area contributed by atoms with E-state index in [2.05, 4.69) is 18.7 Å². The summed E-state index contributed by atoms with van der Waals surface area (Å²) in [5, 5.41) is 0.472. The lowest BCUT2D eigenvalue weighted by molar-refractivity contribution is 0.0720. The fourth-order valence-corrected chi connectivity index (χ4v) is 4.57. The maximum atomic E-state index is 13.5. The van der Waals surface area contributed by atoms with E-state index in [9.17, 15) is 9.59 Å². The molecule has 0 radical (unpaired) electrons. The Morgan fingerprint density at radius 2 is 1.73 bits per heavy atom. The molecular weight excluding hydrogens is 420 g/mol. The predicted molar refractivity (Wildman–Crippen MR) is 127 cm³/mol. The zero-order valence-electron chi connectivity index (χ0n) is 19.6. The minimum Gasteiger partial charge on any atom is -0.493 e. The standard InChI is InChI=1S/C26H30N2O5/c1-5-27(6-2)14-9-15-28-23(17-12-13-20(31-3)21(16-17)32-4)22-24(29)18-10-7-8-11-19(18)33-25(22)26(28)30/h7-8,10-13,16,23H,5-6,9,14-15H2,1-4H3/t23-/m1/s1. The van der Waals surface area contributed by atoms with Gasteiger partial charge in [-0.2, -0.15) is 0 Å². The molecule has 3 aromatic rings. The summed E-state index contributed by atoms with van der Waals surface area (Å²) in [5.41, 5.74) is 1.41. The van der Waals surface area contributed by atoms with Gasteiger partial charge in [-0.3, -0.25) is 9.59 Å². The third-order valence-electron chi connectivity index (χ3n) is 6.36. The number of rotatable bonds is 9. The summed E-state index contributed by atoms with van der Waals surface area (Å²) in [6, 6.07) is 12.0. The number of hydrogen-bond donors (Lipinski definition) is 0. The predicted octanol–water partition coefficient (Wildman–Crippen LogP) is 4.09. The van der Waals surface area contributed by atoms with Crippen molar-refractivity contribution >= 4 is 16.9 Å². The van der Waals surface area contributed by atoms with Crippen molar-refractivity contribution in [1.82, 2.24) is 9.80 Å². The van der Waals surface area contributed by atoms with Crippen molar-refractivity contribution in [2.75, 3.05) is 40.4 Å². The van der Waals surface area contributed by atoms with Crippen molar-refractivity contribution in [2.24, 2.45) is 0 Å². The zero-order valence-corrected chi connectivity index (χ0v) is 19.6. The van der Waals surface area contributed by atoms with E-state index in [1.54, 1.807) is 49.5 Å². The van der Waals surface area contributed by atoms with Crippen molar-refractivity contribution in [1.29, 1.82) is 0 Å². The van der Waals surface area contributed by atoms with Crippen molar-refractivity contribution in [3.63, 3.8) is 0 Å². The van der Waals surface area contributed by atoms with Gasteiger partial charge in [0.1, 0.15) is 5.58 Å². The molecule has 2 heterocycles. The van der Waals surface area contributed by atoms with Crippen molar-refractivity contribution in [2.45, 2.75) is 26.3 Å². The van der Waals surface area contributed by atoms with Gasteiger partial charge in [-0.1, -0.05) is 32.0 Å². The van der Waals surface area contributed by atoms with Gasteiger partial charge in [0.2, 0.25) is 5.76 Å². The number of methoxy groups -OCH3 is 2. The van der Waals surface area contributed by atoms with Crippen LogP contribution in [0.25, 0.3) is 11.0 Å². The van der Waals surface area contributed by atoms with E-state index in [-0.39, 0.29) is 17.1 Å². The molecule has 0 saturated heterocycles. The largest absolute Gasteiger partial charge is 0.493 e. The molecule has 0 bridgehead atoms. The molecule has 1 atom stereocenters. The number of hydrogen-bond acceptors (Lipinski definition) is 6. The van der Waals surface area contributed by atoms with Crippen LogP contribution in [0.15, 0.2) is 51.7 Å². The molecular formula is C26H30N2O5. The molecule has 0 fully saturated rings. The van der Waals surface area contributed by atoms with E-state index in [4.69, 9.17) is 13.9 Å². The molecule has 0 spiro atoms. The quantitative estimate of drug-likeness (QED) is 0.489. The molecule has 0 aliphatic carbocycles. The third-order valence-corrected chi connectivity index (χ3v) is 6.36. The van der Waals surface area contributed by atoms with Gasteiger partial charge in [0, 0.05) is 6.54 Å². The van der Waals surface area contributed by atoms with E-state index in [0.29, 0.717) is 34.6 Å². The van der Waals surface area contributed by atoms with Gasteiger partial charge in [0.15, 0.2) is 16.9 Å². The Morgan fingerprint density at radius 3 is 2.42 bits per heavy atom. The molecule has 0 unspecified atom stereocenters. The number of carbonyl (C=O) groups is 1. The average Bonchev–Trinajstić information content (AvgIpc) is 3.13. The number of carbonyl (C=O) groups excluding carboxylic acids is 1. The first-order chi connectivity index (χ1) is 16.0. The molecule has 1 aromatic heterocycles. The Bertz CT molecular complexity index is 1220. The van der Waals surface area contributed by atoms with E-state index in [0.717, 1.165) is 31.6 Å². The van der Waals surface area contributed by atoms with E-state index in [1.165, 1.54) is 0 Å². The maximum Gasteiger partial charge on any atom is 0.290 e. The van der Waals surface area contributed by atoms with Crippen LogP contribution >= 0.6 is 0 Å². The minimum atomic E-state index is -0.551. The van der Waals surface area contributed by atoms with Gasteiger partial charge in [0.25, 0.3) is 5.91 Å². The van der Waals surface area contributed by atoms with Crippen molar-refractivity contribution in [3.05, 3.63) is 69.6 Å². The van der Waals surface area contributed by atoms with Crippen LogP contribution < -0.4 is 14.9 Å². The summed E-state index contributed by atoms with van der Waals surface area (Å²) in [5.74, 6) is 1.00. The lowest BCUT2D eigenvalue weighted by atomic mass is 9.98. The second-order valence-electron chi connectivity index (χ2n) is 8.07. The topological polar surface area (TPSA) is 72.2 Å². The van der Waals surface area contributed by atoms with Crippen LogP contribution in [0.2, 0.25) is 0 Å². The van der Waals surface area contributed by atoms with Crippen LogP contribution in [-0.4, -0.2) is 56.1 Å². The van der Waals surface area contributed by atoms with Crippen LogP contribution in [0, 0.1) is 0 Å². The lowest BCUT2D eigenvalue weighted by Gasteiger charge is -2.27.